The Kier molecular flexibility index (Phi) is 4.72. The van der Waals surface area contributed by atoms with Crippen molar-refractivity contribution in [3.8, 4) is 5.69 Å². The van der Waals surface area contributed by atoms with Crippen molar-refractivity contribution in [3.05, 3.63) is 82.2 Å². The third-order valence-corrected chi connectivity index (χ3v) is 6.12. The second-order valence-corrected chi connectivity index (χ2v) is 8.40. The van der Waals surface area contributed by atoms with Gasteiger partial charge in [0.1, 0.15) is 11.6 Å². The van der Waals surface area contributed by atoms with Crippen LogP contribution in [0.2, 0.25) is 5.02 Å². The van der Waals surface area contributed by atoms with Gasteiger partial charge >= 0.3 is 0 Å². The Morgan fingerprint density at radius 3 is 2.66 bits per heavy atom. The molecule has 1 aromatic heterocycles. The Hall–Kier alpha value is -2.50. The second-order valence-electron chi connectivity index (χ2n) is 7.96. The van der Waals surface area contributed by atoms with Gasteiger partial charge in [0.15, 0.2) is 5.82 Å². The summed E-state index contributed by atoms with van der Waals surface area (Å²) >= 11 is 6.26. The van der Waals surface area contributed by atoms with Crippen molar-refractivity contribution in [1.29, 1.82) is 0 Å². The molecule has 0 amide bonds. The van der Waals surface area contributed by atoms with Crippen molar-refractivity contribution >= 4 is 17.2 Å². The lowest BCUT2D eigenvalue weighted by atomic mass is 9.86. The third-order valence-electron chi connectivity index (χ3n) is 5.88. The van der Waals surface area contributed by atoms with Crippen LogP contribution in [0.5, 0.6) is 0 Å². The first-order chi connectivity index (χ1) is 14.1. The maximum atomic E-state index is 13.2. The van der Waals surface area contributed by atoms with Gasteiger partial charge in [-0.25, -0.2) is 4.39 Å². The van der Waals surface area contributed by atoms with E-state index >= 15 is 0 Å². The molecule has 4 nitrogen and oxygen atoms in total. The third kappa shape index (κ3) is 3.49. The van der Waals surface area contributed by atoms with Crippen molar-refractivity contribution in [2.75, 3.05) is 7.05 Å². The van der Waals surface area contributed by atoms with Crippen LogP contribution in [0.1, 0.15) is 48.0 Å². The number of halogens is 2. The Labute approximate surface area is 174 Å². The summed E-state index contributed by atoms with van der Waals surface area (Å²) in [6, 6.07) is 12.8. The number of rotatable bonds is 2. The van der Waals surface area contributed by atoms with Crippen LogP contribution < -0.4 is 0 Å². The lowest BCUT2D eigenvalue weighted by Gasteiger charge is -2.23. The van der Waals surface area contributed by atoms with Gasteiger partial charge in [-0.15, -0.1) is 10.2 Å². The zero-order valence-electron chi connectivity index (χ0n) is 16.3. The SMILES string of the molecule is CN1Cc2cc(Cl)ccc2-n2c(nnc2C2CC=C(c3ccc(F)cc3)CC2)C1. The average molecular weight is 409 g/mol. The van der Waals surface area contributed by atoms with Crippen LogP contribution in [0.3, 0.4) is 0 Å². The molecule has 1 unspecified atom stereocenters. The summed E-state index contributed by atoms with van der Waals surface area (Å²) in [5.41, 5.74) is 4.70. The zero-order chi connectivity index (χ0) is 20.0. The quantitative estimate of drug-likeness (QED) is 0.572. The average Bonchev–Trinajstić information content (AvgIpc) is 3.06. The maximum absolute atomic E-state index is 13.2. The Morgan fingerprint density at radius 2 is 1.90 bits per heavy atom. The van der Waals surface area contributed by atoms with Crippen molar-refractivity contribution < 1.29 is 4.39 Å². The number of benzene rings is 2. The maximum Gasteiger partial charge on any atom is 0.151 e. The van der Waals surface area contributed by atoms with Crippen LogP contribution >= 0.6 is 11.6 Å². The standard InChI is InChI=1S/C23H22ClFN4/c1-28-13-18-12-19(24)8-11-21(18)29-22(14-28)26-27-23(29)17-4-2-15(3-5-17)16-6-9-20(25)10-7-16/h2,6-12,17H,3-5,13-14H2,1H3. The van der Waals surface area contributed by atoms with E-state index in [-0.39, 0.29) is 5.82 Å². The topological polar surface area (TPSA) is 34.0 Å². The van der Waals surface area contributed by atoms with Crippen LogP contribution in [0.25, 0.3) is 11.3 Å². The van der Waals surface area contributed by atoms with Crippen LogP contribution in [0, 0.1) is 5.82 Å². The molecule has 1 aliphatic heterocycles. The number of fused-ring (bicyclic) bond motifs is 3. The molecular formula is C23H22ClFN4. The molecule has 5 rings (SSSR count). The van der Waals surface area contributed by atoms with Crippen LogP contribution in [-0.4, -0.2) is 26.7 Å². The first-order valence-corrected chi connectivity index (χ1v) is 10.3. The van der Waals surface area contributed by atoms with E-state index in [0.717, 1.165) is 60.3 Å². The van der Waals surface area contributed by atoms with E-state index < -0.39 is 0 Å². The molecule has 2 heterocycles. The minimum Gasteiger partial charge on any atom is -0.295 e. The molecule has 0 radical (unpaired) electrons. The first kappa shape index (κ1) is 18.5. The molecule has 0 fully saturated rings. The molecular weight excluding hydrogens is 387 g/mol. The molecule has 1 aliphatic carbocycles. The Morgan fingerprint density at radius 1 is 1.07 bits per heavy atom. The smallest absolute Gasteiger partial charge is 0.151 e. The molecule has 148 valence electrons. The molecule has 29 heavy (non-hydrogen) atoms. The highest BCUT2D eigenvalue weighted by Crippen LogP contribution is 2.37. The monoisotopic (exact) mass is 408 g/mol. The lowest BCUT2D eigenvalue weighted by molar-refractivity contribution is 0.315. The normalized spacial score (nSPS) is 19.3. The van der Waals surface area contributed by atoms with Crippen LogP contribution in [0.15, 0.2) is 48.5 Å². The summed E-state index contributed by atoms with van der Waals surface area (Å²) in [6.45, 7) is 1.58. The van der Waals surface area contributed by atoms with E-state index in [4.69, 9.17) is 11.6 Å². The minimum absolute atomic E-state index is 0.196. The molecule has 1 atom stereocenters. The van der Waals surface area contributed by atoms with Gasteiger partial charge in [0, 0.05) is 17.5 Å². The highest BCUT2D eigenvalue weighted by atomic mass is 35.5. The van der Waals surface area contributed by atoms with Gasteiger partial charge in [0.2, 0.25) is 0 Å². The van der Waals surface area contributed by atoms with Gasteiger partial charge in [-0.3, -0.25) is 9.47 Å². The van der Waals surface area contributed by atoms with E-state index in [9.17, 15) is 4.39 Å². The summed E-state index contributed by atoms with van der Waals surface area (Å²) in [5, 5.41) is 9.88. The molecule has 2 aliphatic rings. The number of hydrogen-bond acceptors (Lipinski definition) is 3. The van der Waals surface area contributed by atoms with E-state index in [2.05, 4.69) is 38.9 Å². The fourth-order valence-corrected chi connectivity index (χ4v) is 4.64. The molecule has 0 spiro atoms. The van der Waals surface area contributed by atoms with Gasteiger partial charge in [-0.1, -0.05) is 29.8 Å². The number of allylic oxidation sites excluding steroid dienone is 2. The van der Waals surface area contributed by atoms with Crippen molar-refractivity contribution in [3.63, 3.8) is 0 Å². The molecule has 0 bridgehead atoms. The summed E-state index contributed by atoms with van der Waals surface area (Å²) in [7, 11) is 2.09. The van der Waals surface area contributed by atoms with E-state index in [1.807, 2.05) is 24.3 Å². The van der Waals surface area contributed by atoms with E-state index in [0.29, 0.717) is 5.92 Å². The predicted molar refractivity (Wildman–Crippen MR) is 113 cm³/mol. The van der Waals surface area contributed by atoms with Crippen LogP contribution in [-0.2, 0) is 13.1 Å². The fraction of sp³-hybridized carbons (Fsp3) is 0.304. The lowest BCUT2D eigenvalue weighted by Crippen LogP contribution is -2.16. The molecule has 2 aromatic carbocycles. The largest absolute Gasteiger partial charge is 0.295 e. The zero-order valence-corrected chi connectivity index (χ0v) is 17.0. The molecule has 0 N–H and O–H groups in total. The summed E-state index contributed by atoms with van der Waals surface area (Å²) < 4.78 is 15.5. The minimum atomic E-state index is -0.196. The van der Waals surface area contributed by atoms with E-state index in [1.54, 1.807) is 0 Å². The number of aromatic nitrogens is 3. The van der Waals surface area contributed by atoms with Crippen molar-refractivity contribution in [2.45, 2.75) is 38.3 Å². The predicted octanol–water partition coefficient (Wildman–Crippen LogP) is 5.36. The fourth-order valence-electron chi connectivity index (χ4n) is 4.44. The van der Waals surface area contributed by atoms with Gasteiger partial charge in [0.25, 0.3) is 0 Å². The number of nitrogens with zero attached hydrogens (tertiary/aromatic N) is 4. The summed E-state index contributed by atoms with van der Waals surface area (Å²) in [4.78, 5) is 2.24. The van der Waals surface area contributed by atoms with Crippen molar-refractivity contribution in [1.82, 2.24) is 19.7 Å². The van der Waals surface area contributed by atoms with Gasteiger partial charge < -0.3 is 0 Å². The van der Waals surface area contributed by atoms with Crippen molar-refractivity contribution in [2.24, 2.45) is 0 Å². The molecule has 0 saturated heterocycles. The molecule has 0 saturated carbocycles. The second kappa shape index (κ2) is 7.39. The van der Waals surface area contributed by atoms with Gasteiger partial charge in [0.05, 0.1) is 12.2 Å². The van der Waals surface area contributed by atoms with Crippen LogP contribution in [0.4, 0.5) is 4.39 Å². The Balaban J connectivity index is 1.49. The Bertz CT molecular complexity index is 1090. The molecule has 3 aromatic rings. The van der Waals surface area contributed by atoms with E-state index in [1.165, 1.54) is 23.3 Å². The first-order valence-electron chi connectivity index (χ1n) is 9.95. The van der Waals surface area contributed by atoms with Gasteiger partial charge in [-0.2, -0.15) is 0 Å². The summed E-state index contributed by atoms with van der Waals surface area (Å²) in [6.07, 6.45) is 5.13. The highest BCUT2D eigenvalue weighted by Gasteiger charge is 2.28. The summed E-state index contributed by atoms with van der Waals surface area (Å²) in [5.74, 6) is 2.11. The van der Waals surface area contributed by atoms with Gasteiger partial charge in [-0.05, 0) is 73.3 Å². The molecule has 6 heteroatoms. The highest BCUT2D eigenvalue weighted by molar-refractivity contribution is 6.30. The number of hydrogen-bond donors (Lipinski definition) is 0.